The molecule has 0 bridgehead atoms. The van der Waals surface area contributed by atoms with Gasteiger partial charge in [0.05, 0.1) is 12.2 Å². The lowest BCUT2D eigenvalue weighted by Gasteiger charge is -2.14. The van der Waals surface area contributed by atoms with Crippen molar-refractivity contribution >= 4 is 11.3 Å². The maximum absolute atomic E-state index is 5.88. The molecular formula is C15H23N3S. The Hall–Kier alpha value is -1.13. The normalized spacial score (nSPS) is 13.7. The monoisotopic (exact) mass is 277 g/mol. The Bertz CT molecular complexity index is 532. The van der Waals surface area contributed by atoms with Crippen LogP contribution in [0.2, 0.25) is 0 Å². The molecule has 0 saturated carbocycles. The van der Waals surface area contributed by atoms with E-state index in [2.05, 4.69) is 49.0 Å². The van der Waals surface area contributed by atoms with Gasteiger partial charge in [0.25, 0.3) is 0 Å². The molecule has 0 spiro atoms. The largest absolute Gasteiger partial charge is 0.345 e. The highest BCUT2D eigenvalue weighted by molar-refractivity contribution is 7.09. The first-order chi connectivity index (χ1) is 8.86. The van der Waals surface area contributed by atoms with Gasteiger partial charge in [-0.05, 0) is 19.1 Å². The highest BCUT2D eigenvalue weighted by atomic mass is 32.1. The van der Waals surface area contributed by atoms with Gasteiger partial charge in [-0.25, -0.2) is 4.98 Å². The molecule has 2 N–H and O–H groups in total. The molecule has 0 fully saturated rings. The maximum atomic E-state index is 5.88. The van der Waals surface area contributed by atoms with Crippen LogP contribution in [-0.4, -0.2) is 15.6 Å². The molecule has 1 unspecified atom stereocenters. The Morgan fingerprint density at radius 1 is 1.42 bits per heavy atom. The van der Waals surface area contributed by atoms with Crippen LogP contribution >= 0.6 is 11.3 Å². The first-order valence-corrected chi connectivity index (χ1v) is 7.58. The fourth-order valence-electron chi connectivity index (χ4n) is 1.99. The van der Waals surface area contributed by atoms with Gasteiger partial charge in [-0.3, -0.25) is 0 Å². The van der Waals surface area contributed by atoms with Crippen LogP contribution in [0.3, 0.4) is 0 Å². The highest BCUT2D eigenvalue weighted by Crippen LogP contribution is 2.24. The van der Waals surface area contributed by atoms with Crippen molar-refractivity contribution in [1.29, 1.82) is 0 Å². The summed E-state index contributed by atoms with van der Waals surface area (Å²) in [7, 11) is 0. The summed E-state index contributed by atoms with van der Waals surface area (Å²) in [6.07, 6.45) is 3.01. The maximum Gasteiger partial charge on any atom is 0.113 e. The number of thiazole rings is 1. The molecule has 104 valence electrons. The van der Waals surface area contributed by atoms with Crippen molar-refractivity contribution in [3.63, 3.8) is 0 Å². The first-order valence-electron chi connectivity index (χ1n) is 6.71. The van der Waals surface area contributed by atoms with Gasteiger partial charge in [-0.15, -0.1) is 11.3 Å². The lowest BCUT2D eigenvalue weighted by atomic mass is 9.93. The Labute approximate surface area is 119 Å². The van der Waals surface area contributed by atoms with Gasteiger partial charge in [-0.2, -0.15) is 0 Å². The van der Waals surface area contributed by atoms with E-state index in [0.717, 1.165) is 18.0 Å². The second-order valence-electron chi connectivity index (χ2n) is 6.19. The summed E-state index contributed by atoms with van der Waals surface area (Å²) in [6, 6.07) is 4.41. The van der Waals surface area contributed by atoms with Crippen molar-refractivity contribution in [3.05, 3.63) is 40.1 Å². The molecular weight excluding hydrogens is 254 g/mol. The molecule has 0 aliphatic carbocycles. The summed E-state index contributed by atoms with van der Waals surface area (Å²) >= 11 is 1.74. The van der Waals surface area contributed by atoms with Crippen LogP contribution in [0.15, 0.2) is 23.7 Å². The molecule has 2 aromatic heterocycles. The van der Waals surface area contributed by atoms with Gasteiger partial charge in [0.1, 0.15) is 5.01 Å². The molecule has 2 aromatic rings. The summed E-state index contributed by atoms with van der Waals surface area (Å²) in [6.45, 7) is 9.48. The molecule has 2 heterocycles. The summed E-state index contributed by atoms with van der Waals surface area (Å²) in [5.74, 6) is 0. The molecule has 19 heavy (non-hydrogen) atoms. The standard InChI is InChI=1S/C15H23N3S/c1-11(16)8-12-6-5-7-18(12)9-14-17-13(10-19-14)15(2,3)4/h5-7,10-11H,8-9,16H2,1-4H3. The van der Waals surface area contributed by atoms with E-state index >= 15 is 0 Å². The quantitative estimate of drug-likeness (QED) is 0.933. The molecule has 0 aromatic carbocycles. The van der Waals surface area contributed by atoms with E-state index in [1.807, 2.05) is 6.92 Å². The third-order valence-corrected chi connectivity index (χ3v) is 3.91. The van der Waals surface area contributed by atoms with Crippen LogP contribution in [0.1, 0.15) is 44.1 Å². The number of hydrogen-bond donors (Lipinski definition) is 1. The lowest BCUT2D eigenvalue weighted by Crippen LogP contribution is -2.20. The minimum atomic E-state index is 0.125. The van der Waals surface area contributed by atoms with Crippen molar-refractivity contribution in [1.82, 2.24) is 9.55 Å². The molecule has 1 atom stereocenters. The van der Waals surface area contributed by atoms with E-state index in [9.17, 15) is 0 Å². The van der Waals surface area contributed by atoms with E-state index in [4.69, 9.17) is 10.7 Å². The average Bonchev–Trinajstić information content (AvgIpc) is 2.88. The van der Waals surface area contributed by atoms with Crippen molar-refractivity contribution in [2.45, 2.75) is 52.1 Å². The summed E-state index contributed by atoms with van der Waals surface area (Å²) in [5.41, 5.74) is 8.46. The molecule has 0 aliphatic heterocycles. The van der Waals surface area contributed by atoms with E-state index < -0.39 is 0 Å². The average molecular weight is 277 g/mol. The van der Waals surface area contributed by atoms with E-state index in [-0.39, 0.29) is 11.5 Å². The number of hydrogen-bond acceptors (Lipinski definition) is 3. The van der Waals surface area contributed by atoms with Crippen LogP contribution in [0, 0.1) is 0 Å². The Morgan fingerprint density at radius 2 is 2.16 bits per heavy atom. The molecule has 0 radical (unpaired) electrons. The number of rotatable bonds is 4. The molecule has 0 saturated heterocycles. The lowest BCUT2D eigenvalue weighted by molar-refractivity contribution is 0.569. The number of nitrogens with two attached hydrogens (primary N) is 1. The Balaban J connectivity index is 2.13. The van der Waals surface area contributed by atoms with Crippen molar-refractivity contribution in [3.8, 4) is 0 Å². The third-order valence-electron chi connectivity index (χ3n) is 3.08. The summed E-state index contributed by atoms with van der Waals surface area (Å²) in [5, 5.41) is 3.33. The zero-order valence-electron chi connectivity index (χ0n) is 12.2. The first kappa shape index (κ1) is 14.3. The van der Waals surface area contributed by atoms with Crippen LogP contribution in [0.5, 0.6) is 0 Å². The van der Waals surface area contributed by atoms with Crippen LogP contribution in [-0.2, 0) is 18.4 Å². The van der Waals surface area contributed by atoms with Gasteiger partial charge in [0.2, 0.25) is 0 Å². The summed E-state index contributed by atoms with van der Waals surface area (Å²) in [4.78, 5) is 4.74. The van der Waals surface area contributed by atoms with Gasteiger partial charge in [0.15, 0.2) is 0 Å². The van der Waals surface area contributed by atoms with Crippen molar-refractivity contribution in [2.24, 2.45) is 5.73 Å². The van der Waals surface area contributed by atoms with Crippen molar-refractivity contribution < 1.29 is 0 Å². The van der Waals surface area contributed by atoms with E-state index in [1.54, 1.807) is 11.3 Å². The van der Waals surface area contributed by atoms with Crippen molar-refractivity contribution in [2.75, 3.05) is 0 Å². The zero-order chi connectivity index (χ0) is 14.0. The second kappa shape index (κ2) is 5.47. The predicted octanol–water partition coefficient (Wildman–Crippen LogP) is 3.18. The smallest absolute Gasteiger partial charge is 0.113 e. The minimum absolute atomic E-state index is 0.125. The zero-order valence-corrected chi connectivity index (χ0v) is 13.0. The molecule has 4 heteroatoms. The Morgan fingerprint density at radius 3 is 2.74 bits per heavy atom. The van der Waals surface area contributed by atoms with Crippen LogP contribution in [0.25, 0.3) is 0 Å². The van der Waals surface area contributed by atoms with Crippen LogP contribution < -0.4 is 5.73 Å². The van der Waals surface area contributed by atoms with E-state index in [1.165, 1.54) is 11.4 Å². The minimum Gasteiger partial charge on any atom is -0.345 e. The SMILES string of the molecule is CC(N)Cc1cccn1Cc1nc(C(C)(C)C)cs1. The Kier molecular flexibility index (Phi) is 4.11. The highest BCUT2D eigenvalue weighted by Gasteiger charge is 2.17. The number of aromatic nitrogens is 2. The van der Waals surface area contributed by atoms with Gasteiger partial charge < -0.3 is 10.3 Å². The fraction of sp³-hybridized carbons (Fsp3) is 0.533. The van der Waals surface area contributed by atoms with Gasteiger partial charge >= 0.3 is 0 Å². The van der Waals surface area contributed by atoms with Gasteiger partial charge in [0, 0.05) is 35.1 Å². The topological polar surface area (TPSA) is 43.8 Å². The molecule has 0 aliphatic rings. The van der Waals surface area contributed by atoms with E-state index in [0.29, 0.717) is 0 Å². The second-order valence-corrected chi connectivity index (χ2v) is 7.13. The third kappa shape index (κ3) is 3.67. The van der Waals surface area contributed by atoms with Gasteiger partial charge in [-0.1, -0.05) is 20.8 Å². The van der Waals surface area contributed by atoms with Crippen LogP contribution in [0.4, 0.5) is 0 Å². The molecule has 3 nitrogen and oxygen atoms in total. The summed E-state index contributed by atoms with van der Waals surface area (Å²) < 4.78 is 2.24. The number of nitrogens with zero attached hydrogens (tertiary/aromatic N) is 2. The molecule has 0 amide bonds. The molecule has 2 rings (SSSR count). The predicted molar refractivity (Wildman–Crippen MR) is 81.7 cm³/mol. The fourth-order valence-corrected chi connectivity index (χ4v) is 3.01.